The molecule has 0 saturated carbocycles. The molecule has 1 saturated heterocycles. The van der Waals surface area contributed by atoms with E-state index < -0.39 is 10.2 Å². The molecular weight excluding hydrogens is 278 g/mol. The van der Waals surface area contributed by atoms with Crippen molar-refractivity contribution < 1.29 is 13.2 Å². The van der Waals surface area contributed by atoms with Crippen molar-refractivity contribution in [3.63, 3.8) is 0 Å². The molecule has 2 atom stereocenters. The van der Waals surface area contributed by atoms with E-state index in [1.54, 1.807) is 0 Å². The predicted octanol–water partition coefficient (Wildman–Crippen LogP) is 0.695. The van der Waals surface area contributed by atoms with Crippen molar-refractivity contribution in [1.29, 1.82) is 0 Å². The minimum atomic E-state index is -3.50. The third-order valence-corrected chi connectivity index (χ3v) is 5.46. The van der Waals surface area contributed by atoms with Gasteiger partial charge < -0.3 is 10.5 Å². The molecule has 2 unspecified atom stereocenters. The third kappa shape index (κ3) is 4.96. The van der Waals surface area contributed by atoms with Crippen molar-refractivity contribution in [2.75, 3.05) is 26.3 Å². The molecule has 6 nitrogen and oxygen atoms in total. The van der Waals surface area contributed by atoms with Gasteiger partial charge >= 0.3 is 0 Å². The Hall–Kier alpha value is -0.210. The minimum Gasteiger partial charge on any atom is -0.380 e. The van der Waals surface area contributed by atoms with Crippen molar-refractivity contribution >= 4 is 10.2 Å². The van der Waals surface area contributed by atoms with Crippen molar-refractivity contribution in [1.82, 2.24) is 9.03 Å². The van der Waals surface area contributed by atoms with E-state index in [0.717, 1.165) is 19.3 Å². The van der Waals surface area contributed by atoms with Crippen molar-refractivity contribution in [2.24, 2.45) is 11.7 Å². The smallest absolute Gasteiger partial charge is 0.280 e. The van der Waals surface area contributed by atoms with Crippen LogP contribution in [0.4, 0.5) is 0 Å². The lowest BCUT2D eigenvalue weighted by atomic mass is 10.1. The van der Waals surface area contributed by atoms with Crippen LogP contribution in [0.2, 0.25) is 0 Å². The molecule has 7 heteroatoms. The molecule has 0 spiro atoms. The average Bonchev–Trinajstić information content (AvgIpc) is 2.43. The number of ether oxygens (including phenoxy) is 1. The molecule has 0 aromatic rings. The Morgan fingerprint density at radius 1 is 1.40 bits per heavy atom. The molecule has 0 radical (unpaired) electrons. The summed E-state index contributed by atoms with van der Waals surface area (Å²) in [4.78, 5) is 0. The average molecular weight is 307 g/mol. The summed E-state index contributed by atoms with van der Waals surface area (Å²) in [6.07, 6.45) is 2.78. The van der Waals surface area contributed by atoms with E-state index in [1.165, 1.54) is 4.31 Å². The van der Waals surface area contributed by atoms with Crippen LogP contribution in [0.5, 0.6) is 0 Å². The summed E-state index contributed by atoms with van der Waals surface area (Å²) in [5, 5.41) is 0. The van der Waals surface area contributed by atoms with Gasteiger partial charge in [-0.15, -0.1) is 0 Å². The van der Waals surface area contributed by atoms with Gasteiger partial charge in [0, 0.05) is 31.8 Å². The zero-order valence-corrected chi connectivity index (χ0v) is 13.7. The maximum atomic E-state index is 12.5. The van der Waals surface area contributed by atoms with E-state index in [9.17, 15) is 8.42 Å². The second-order valence-corrected chi connectivity index (χ2v) is 7.28. The zero-order valence-electron chi connectivity index (χ0n) is 12.8. The highest BCUT2D eigenvalue weighted by Gasteiger charge is 2.33. The number of piperidine rings is 1. The highest BCUT2D eigenvalue weighted by molar-refractivity contribution is 7.87. The fraction of sp³-hybridized carbons (Fsp3) is 1.00. The summed E-state index contributed by atoms with van der Waals surface area (Å²) in [6, 6.07) is -0.290. The largest absolute Gasteiger partial charge is 0.380 e. The zero-order chi connectivity index (χ0) is 15.2. The molecular formula is C13H29N3O3S. The third-order valence-electron chi connectivity index (χ3n) is 3.76. The Bertz CT molecular complexity index is 373. The lowest BCUT2D eigenvalue weighted by Crippen LogP contribution is -2.55. The Morgan fingerprint density at radius 2 is 2.10 bits per heavy atom. The van der Waals surface area contributed by atoms with Gasteiger partial charge in [0.25, 0.3) is 10.2 Å². The van der Waals surface area contributed by atoms with Crippen molar-refractivity contribution in [3.8, 4) is 0 Å². The fourth-order valence-corrected chi connectivity index (χ4v) is 4.20. The van der Waals surface area contributed by atoms with E-state index in [4.69, 9.17) is 10.5 Å². The molecule has 1 aliphatic heterocycles. The van der Waals surface area contributed by atoms with E-state index in [1.807, 2.05) is 20.8 Å². The van der Waals surface area contributed by atoms with Gasteiger partial charge in [0.05, 0.1) is 6.61 Å². The van der Waals surface area contributed by atoms with Crippen LogP contribution >= 0.6 is 0 Å². The predicted molar refractivity (Wildman–Crippen MR) is 80.6 cm³/mol. The standard InChI is InChI=1S/C13H29N3O3S/c1-4-19-10-13(11(2)3)15-20(17,18)16-8-6-5-7-12(16)9-14/h11-13,15H,4-10,14H2,1-3H3. The van der Waals surface area contributed by atoms with E-state index in [-0.39, 0.29) is 18.0 Å². The van der Waals surface area contributed by atoms with E-state index >= 15 is 0 Å². The van der Waals surface area contributed by atoms with E-state index in [0.29, 0.717) is 26.3 Å². The van der Waals surface area contributed by atoms with Crippen LogP contribution in [-0.2, 0) is 14.9 Å². The molecule has 1 fully saturated rings. The molecule has 0 amide bonds. The lowest BCUT2D eigenvalue weighted by molar-refractivity contribution is 0.114. The van der Waals surface area contributed by atoms with Crippen molar-refractivity contribution in [2.45, 2.75) is 52.1 Å². The van der Waals surface area contributed by atoms with Crippen LogP contribution in [0.1, 0.15) is 40.0 Å². The summed E-state index contributed by atoms with van der Waals surface area (Å²) >= 11 is 0. The molecule has 0 bridgehead atoms. The minimum absolute atomic E-state index is 0.0823. The summed E-state index contributed by atoms with van der Waals surface area (Å²) in [7, 11) is -3.50. The SMILES string of the molecule is CCOCC(NS(=O)(=O)N1CCCCC1CN)C(C)C. The number of nitrogens with two attached hydrogens (primary N) is 1. The Kier molecular flexibility index (Phi) is 7.39. The Balaban J connectivity index is 2.74. The quantitative estimate of drug-likeness (QED) is 0.691. The number of nitrogens with zero attached hydrogens (tertiary/aromatic N) is 1. The summed E-state index contributed by atoms with van der Waals surface area (Å²) < 4.78 is 34.8. The Morgan fingerprint density at radius 3 is 2.65 bits per heavy atom. The molecule has 120 valence electrons. The number of hydrogen-bond donors (Lipinski definition) is 2. The normalized spacial score (nSPS) is 23.1. The second kappa shape index (κ2) is 8.29. The van der Waals surface area contributed by atoms with Gasteiger partial charge in [-0.2, -0.15) is 17.4 Å². The second-order valence-electron chi connectivity index (χ2n) is 5.63. The molecule has 20 heavy (non-hydrogen) atoms. The highest BCUT2D eigenvalue weighted by Crippen LogP contribution is 2.19. The molecule has 1 heterocycles. The first kappa shape index (κ1) is 17.8. The first-order valence-electron chi connectivity index (χ1n) is 7.49. The van der Waals surface area contributed by atoms with Crippen LogP contribution in [0.15, 0.2) is 0 Å². The van der Waals surface area contributed by atoms with Crippen LogP contribution in [0.3, 0.4) is 0 Å². The van der Waals surface area contributed by atoms with Crippen LogP contribution in [0.25, 0.3) is 0 Å². The van der Waals surface area contributed by atoms with Gasteiger partial charge in [-0.1, -0.05) is 20.3 Å². The molecule has 0 aromatic heterocycles. The number of hydrogen-bond acceptors (Lipinski definition) is 4. The maximum Gasteiger partial charge on any atom is 0.280 e. The van der Waals surface area contributed by atoms with E-state index in [2.05, 4.69) is 4.72 Å². The molecule has 3 N–H and O–H groups in total. The van der Waals surface area contributed by atoms with Gasteiger partial charge in [-0.25, -0.2) is 0 Å². The van der Waals surface area contributed by atoms with Crippen molar-refractivity contribution in [3.05, 3.63) is 0 Å². The van der Waals surface area contributed by atoms with Crippen LogP contribution < -0.4 is 10.5 Å². The number of rotatable bonds is 8. The number of nitrogens with one attached hydrogen (secondary N) is 1. The van der Waals surface area contributed by atoms with Crippen LogP contribution in [-0.4, -0.2) is 51.1 Å². The molecule has 0 aromatic carbocycles. The monoisotopic (exact) mass is 307 g/mol. The lowest BCUT2D eigenvalue weighted by Gasteiger charge is -2.35. The molecule has 1 rings (SSSR count). The summed E-state index contributed by atoms with van der Waals surface area (Å²) in [5.74, 6) is 0.178. The van der Waals surface area contributed by atoms with Crippen LogP contribution in [0, 0.1) is 5.92 Å². The first-order chi connectivity index (χ1) is 9.42. The molecule has 0 aliphatic carbocycles. The summed E-state index contributed by atoms with van der Waals surface area (Å²) in [6.45, 7) is 7.79. The topological polar surface area (TPSA) is 84.7 Å². The van der Waals surface area contributed by atoms with Gasteiger partial charge in [-0.05, 0) is 25.7 Å². The van der Waals surface area contributed by atoms with Gasteiger partial charge in [-0.3, -0.25) is 0 Å². The van der Waals surface area contributed by atoms with Gasteiger partial charge in [0.15, 0.2) is 0 Å². The maximum absolute atomic E-state index is 12.5. The first-order valence-corrected chi connectivity index (χ1v) is 8.93. The van der Waals surface area contributed by atoms with Gasteiger partial charge in [0.1, 0.15) is 0 Å². The molecule has 1 aliphatic rings. The van der Waals surface area contributed by atoms with Gasteiger partial charge in [0.2, 0.25) is 0 Å². The Labute approximate surface area is 123 Å². The fourth-order valence-electron chi connectivity index (χ4n) is 2.39. The highest BCUT2D eigenvalue weighted by atomic mass is 32.2. The summed E-state index contributed by atoms with van der Waals surface area (Å²) in [5.41, 5.74) is 5.70.